The molecule has 0 radical (unpaired) electrons. The van der Waals surface area contributed by atoms with Gasteiger partial charge in [0.2, 0.25) is 0 Å². The van der Waals surface area contributed by atoms with Gasteiger partial charge >= 0.3 is 5.97 Å². The van der Waals surface area contributed by atoms with E-state index >= 15 is 0 Å². The summed E-state index contributed by atoms with van der Waals surface area (Å²) in [4.78, 5) is 25.3. The molecule has 1 fully saturated rings. The minimum absolute atomic E-state index is 0.0342. The van der Waals surface area contributed by atoms with Crippen molar-refractivity contribution in [2.24, 2.45) is 0 Å². The van der Waals surface area contributed by atoms with Crippen molar-refractivity contribution in [2.45, 2.75) is 51.6 Å². The molecule has 2 rings (SSSR count). The van der Waals surface area contributed by atoms with Crippen LogP contribution in [0, 0.1) is 0 Å². The molecule has 1 aromatic heterocycles. The number of rotatable bonds is 5. The zero-order chi connectivity index (χ0) is 14.5. The van der Waals surface area contributed by atoms with Crippen molar-refractivity contribution >= 4 is 11.9 Å². The lowest BCUT2D eigenvalue weighted by molar-refractivity contribution is -0.137. The number of carboxylic acid groups (broad SMARTS) is 1. The maximum atomic E-state index is 12.7. The average Bonchev–Trinajstić information content (AvgIpc) is 2.93. The minimum atomic E-state index is -0.792. The first-order valence-electron chi connectivity index (χ1n) is 7.31. The van der Waals surface area contributed by atoms with Crippen LogP contribution in [0.4, 0.5) is 0 Å². The molecule has 1 atom stereocenters. The van der Waals surface area contributed by atoms with Gasteiger partial charge in [0.15, 0.2) is 0 Å². The number of hydrogen-bond donors (Lipinski definition) is 1. The second-order valence-electron chi connectivity index (χ2n) is 5.26. The summed E-state index contributed by atoms with van der Waals surface area (Å²) in [5, 5.41) is 8.83. The Balaban J connectivity index is 2.11. The Morgan fingerprint density at radius 3 is 2.90 bits per heavy atom. The summed E-state index contributed by atoms with van der Waals surface area (Å²) in [5.74, 6) is -0.758. The summed E-state index contributed by atoms with van der Waals surface area (Å²) in [6.45, 7) is 3.51. The number of hydrogen-bond acceptors (Lipinski definition) is 2. The highest BCUT2D eigenvalue weighted by Gasteiger charge is 2.28. The molecule has 1 saturated heterocycles. The number of aryl methyl sites for hydroxylation is 1. The summed E-state index contributed by atoms with van der Waals surface area (Å²) in [6.07, 6.45) is 5.57. The van der Waals surface area contributed by atoms with E-state index < -0.39 is 5.97 Å². The van der Waals surface area contributed by atoms with Crippen LogP contribution in [-0.4, -0.2) is 39.0 Å². The predicted octanol–water partition coefficient (Wildman–Crippen LogP) is 2.37. The summed E-state index contributed by atoms with van der Waals surface area (Å²) < 4.78 is 1.94. The number of likely N-dealkylation sites (tertiary alicyclic amines) is 1. The van der Waals surface area contributed by atoms with Crippen molar-refractivity contribution in [1.82, 2.24) is 9.47 Å². The summed E-state index contributed by atoms with van der Waals surface area (Å²) in [5.41, 5.74) is 0.703. The fraction of sp³-hybridized carbons (Fsp3) is 0.600. The number of amides is 1. The molecule has 110 valence electrons. The van der Waals surface area contributed by atoms with Crippen LogP contribution in [0.25, 0.3) is 0 Å². The highest BCUT2D eigenvalue weighted by Crippen LogP contribution is 2.23. The van der Waals surface area contributed by atoms with Crippen LogP contribution >= 0.6 is 0 Å². The lowest BCUT2D eigenvalue weighted by Gasteiger charge is -2.35. The third-order valence-electron chi connectivity index (χ3n) is 3.97. The van der Waals surface area contributed by atoms with Gasteiger partial charge < -0.3 is 14.6 Å². The molecule has 0 spiro atoms. The Labute approximate surface area is 119 Å². The monoisotopic (exact) mass is 278 g/mol. The van der Waals surface area contributed by atoms with Gasteiger partial charge in [-0.15, -0.1) is 0 Å². The van der Waals surface area contributed by atoms with Crippen molar-refractivity contribution in [2.75, 3.05) is 6.54 Å². The van der Waals surface area contributed by atoms with Crippen LogP contribution in [0.15, 0.2) is 18.3 Å². The molecule has 0 aromatic carbocycles. The van der Waals surface area contributed by atoms with Gasteiger partial charge in [-0.05, 0) is 44.7 Å². The van der Waals surface area contributed by atoms with E-state index in [1.807, 2.05) is 34.7 Å². The number of carbonyl (C=O) groups excluding carboxylic acids is 1. The van der Waals surface area contributed by atoms with Crippen LogP contribution in [0.5, 0.6) is 0 Å². The van der Waals surface area contributed by atoms with E-state index in [0.29, 0.717) is 12.1 Å². The van der Waals surface area contributed by atoms with Crippen molar-refractivity contribution in [3.05, 3.63) is 24.0 Å². The van der Waals surface area contributed by atoms with Crippen LogP contribution in [0.3, 0.4) is 0 Å². The molecule has 1 aromatic rings. The Hall–Kier alpha value is -1.78. The van der Waals surface area contributed by atoms with Gasteiger partial charge in [0.05, 0.1) is 0 Å². The third-order valence-corrected chi connectivity index (χ3v) is 3.97. The van der Waals surface area contributed by atoms with Crippen molar-refractivity contribution in [3.63, 3.8) is 0 Å². The molecular formula is C15H22N2O3. The zero-order valence-corrected chi connectivity index (χ0v) is 11.9. The van der Waals surface area contributed by atoms with Crippen molar-refractivity contribution in [3.8, 4) is 0 Å². The van der Waals surface area contributed by atoms with Gasteiger partial charge in [-0.3, -0.25) is 9.59 Å². The first kappa shape index (κ1) is 14.6. The third kappa shape index (κ3) is 3.21. The summed E-state index contributed by atoms with van der Waals surface area (Å²) in [7, 11) is 0. The molecule has 0 bridgehead atoms. The smallest absolute Gasteiger partial charge is 0.303 e. The standard InChI is InChI=1S/C15H22N2O3/c1-2-16-10-5-7-13(16)15(20)17-11-4-3-6-12(17)8-9-14(18)19/h5,7,10,12H,2-4,6,8-9,11H2,1H3,(H,18,19). The van der Waals surface area contributed by atoms with Crippen LogP contribution < -0.4 is 0 Å². The van der Waals surface area contributed by atoms with E-state index in [9.17, 15) is 9.59 Å². The molecule has 1 N–H and O–H groups in total. The first-order valence-corrected chi connectivity index (χ1v) is 7.31. The molecule has 20 heavy (non-hydrogen) atoms. The molecule has 1 aliphatic heterocycles. The molecule has 1 aliphatic rings. The second kappa shape index (κ2) is 6.59. The Kier molecular flexibility index (Phi) is 4.82. The molecule has 0 aliphatic carbocycles. The zero-order valence-electron chi connectivity index (χ0n) is 11.9. The average molecular weight is 278 g/mol. The van der Waals surface area contributed by atoms with E-state index in [2.05, 4.69) is 0 Å². The number of aromatic nitrogens is 1. The molecule has 1 unspecified atom stereocenters. The van der Waals surface area contributed by atoms with E-state index in [1.54, 1.807) is 0 Å². The Morgan fingerprint density at radius 2 is 2.20 bits per heavy atom. The minimum Gasteiger partial charge on any atom is -0.481 e. The molecule has 5 heteroatoms. The highest BCUT2D eigenvalue weighted by molar-refractivity contribution is 5.93. The van der Waals surface area contributed by atoms with Gasteiger partial charge in [-0.25, -0.2) is 0 Å². The molecule has 5 nitrogen and oxygen atoms in total. The quantitative estimate of drug-likeness (QED) is 0.899. The van der Waals surface area contributed by atoms with E-state index in [0.717, 1.165) is 32.4 Å². The first-order chi connectivity index (χ1) is 9.63. The molecule has 0 saturated carbocycles. The van der Waals surface area contributed by atoms with Crippen LogP contribution in [0.1, 0.15) is 49.5 Å². The van der Waals surface area contributed by atoms with Crippen molar-refractivity contribution < 1.29 is 14.7 Å². The largest absolute Gasteiger partial charge is 0.481 e. The maximum Gasteiger partial charge on any atom is 0.303 e. The topological polar surface area (TPSA) is 62.5 Å². The number of piperidine rings is 1. The number of nitrogens with zero attached hydrogens (tertiary/aromatic N) is 2. The second-order valence-corrected chi connectivity index (χ2v) is 5.26. The fourth-order valence-electron chi connectivity index (χ4n) is 2.89. The van der Waals surface area contributed by atoms with E-state index in [4.69, 9.17) is 5.11 Å². The number of carbonyl (C=O) groups is 2. The lowest BCUT2D eigenvalue weighted by Crippen LogP contribution is -2.44. The molecule has 1 amide bonds. The Morgan fingerprint density at radius 1 is 1.40 bits per heavy atom. The normalized spacial score (nSPS) is 19.1. The van der Waals surface area contributed by atoms with Crippen molar-refractivity contribution in [1.29, 1.82) is 0 Å². The number of carboxylic acids is 1. The van der Waals surface area contributed by atoms with E-state index in [1.165, 1.54) is 0 Å². The SMILES string of the molecule is CCn1cccc1C(=O)N1CCCCC1CCC(=O)O. The Bertz CT molecular complexity index is 481. The van der Waals surface area contributed by atoms with Gasteiger partial charge in [0, 0.05) is 31.7 Å². The molecular weight excluding hydrogens is 256 g/mol. The van der Waals surface area contributed by atoms with Crippen LogP contribution in [-0.2, 0) is 11.3 Å². The highest BCUT2D eigenvalue weighted by atomic mass is 16.4. The number of aliphatic carboxylic acids is 1. The van der Waals surface area contributed by atoms with Gasteiger partial charge in [-0.1, -0.05) is 0 Å². The predicted molar refractivity (Wildman–Crippen MR) is 75.7 cm³/mol. The van der Waals surface area contributed by atoms with Gasteiger partial charge in [0.25, 0.3) is 5.91 Å². The summed E-state index contributed by atoms with van der Waals surface area (Å²) in [6, 6.07) is 3.79. The fourth-order valence-corrected chi connectivity index (χ4v) is 2.89. The maximum absolute atomic E-state index is 12.7. The van der Waals surface area contributed by atoms with E-state index in [-0.39, 0.29) is 18.4 Å². The van der Waals surface area contributed by atoms with Gasteiger partial charge in [-0.2, -0.15) is 0 Å². The summed E-state index contributed by atoms with van der Waals surface area (Å²) >= 11 is 0. The van der Waals surface area contributed by atoms with Gasteiger partial charge in [0.1, 0.15) is 5.69 Å². The molecule has 2 heterocycles. The lowest BCUT2D eigenvalue weighted by atomic mass is 9.97. The van der Waals surface area contributed by atoms with Crippen LogP contribution in [0.2, 0.25) is 0 Å².